The van der Waals surface area contributed by atoms with Crippen LogP contribution in [0, 0.1) is 11.7 Å². The average molecular weight is 460 g/mol. The summed E-state index contributed by atoms with van der Waals surface area (Å²) in [5.74, 6) is -1.28. The van der Waals surface area contributed by atoms with Crippen molar-refractivity contribution in [3.05, 3.63) is 40.1 Å². The largest absolute Gasteiger partial charge is 0.342 e. The van der Waals surface area contributed by atoms with Crippen molar-refractivity contribution in [2.75, 3.05) is 31.5 Å². The van der Waals surface area contributed by atoms with Crippen LogP contribution >= 0.6 is 11.3 Å². The van der Waals surface area contributed by atoms with Crippen molar-refractivity contribution in [3.8, 4) is 0 Å². The van der Waals surface area contributed by atoms with Crippen LogP contribution in [0.15, 0.2) is 24.3 Å². The van der Waals surface area contributed by atoms with E-state index in [0.717, 1.165) is 63.0 Å². The highest BCUT2D eigenvalue weighted by Gasteiger charge is 2.33. The Hall–Kier alpha value is -2.88. The zero-order valence-electron chi connectivity index (χ0n) is 17.8. The average Bonchev–Trinajstić information content (AvgIpc) is 3.15. The minimum atomic E-state index is -0.513. The first-order valence-electron chi connectivity index (χ1n) is 11.0. The van der Waals surface area contributed by atoms with Crippen LogP contribution in [0.4, 0.5) is 10.1 Å². The first-order chi connectivity index (χ1) is 15.5. The van der Waals surface area contributed by atoms with Crippen LogP contribution in [-0.2, 0) is 4.79 Å². The minimum absolute atomic E-state index is 0.0480. The summed E-state index contributed by atoms with van der Waals surface area (Å²) >= 11 is 0.911. The van der Waals surface area contributed by atoms with Crippen molar-refractivity contribution in [1.82, 2.24) is 20.0 Å². The van der Waals surface area contributed by atoms with E-state index in [-0.39, 0.29) is 27.7 Å². The van der Waals surface area contributed by atoms with Gasteiger partial charge in [0.15, 0.2) is 0 Å². The van der Waals surface area contributed by atoms with Gasteiger partial charge in [0.05, 0.1) is 5.92 Å². The smallest absolute Gasteiger partial charge is 0.286 e. The van der Waals surface area contributed by atoms with E-state index in [1.165, 1.54) is 24.3 Å². The fraction of sp³-hybridized carbons (Fsp3) is 0.500. The monoisotopic (exact) mass is 459 g/mol. The summed E-state index contributed by atoms with van der Waals surface area (Å²) < 4.78 is 13.0. The van der Waals surface area contributed by atoms with Gasteiger partial charge in [-0.2, -0.15) is 0 Å². The lowest BCUT2D eigenvalue weighted by atomic mass is 9.96. The summed E-state index contributed by atoms with van der Waals surface area (Å²) in [7, 11) is 0. The number of benzene rings is 1. The van der Waals surface area contributed by atoms with Gasteiger partial charge in [-0.1, -0.05) is 24.2 Å². The van der Waals surface area contributed by atoms with E-state index in [9.17, 15) is 18.8 Å². The topological polar surface area (TPSA) is 95.5 Å². The quantitative estimate of drug-likeness (QED) is 0.758. The lowest BCUT2D eigenvalue weighted by Gasteiger charge is -2.34. The Kier molecular flexibility index (Phi) is 7.09. The summed E-state index contributed by atoms with van der Waals surface area (Å²) in [5, 5.41) is 10.5. The summed E-state index contributed by atoms with van der Waals surface area (Å²) in [6, 6.07) is 5.36. The van der Waals surface area contributed by atoms with Gasteiger partial charge in [-0.05, 0) is 49.9 Å². The maximum atomic E-state index is 13.0. The predicted octanol–water partition coefficient (Wildman–Crippen LogP) is 3.18. The third-order valence-corrected chi connectivity index (χ3v) is 6.79. The number of carbonyl (C=O) groups is 3. The van der Waals surface area contributed by atoms with Crippen LogP contribution in [-0.4, -0.2) is 63.9 Å². The molecule has 1 atom stereocenters. The number of piperidine rings is 1. The molecule has 0 unspecified atom stereocenters. The molecule has 3 heterocycles. The maximum Gasteiger partial charge on any atom is 0.286 e. The van der Waals surface area contributed by atoms with Crippen LogP contribution < -0.4 is 5.32 Å². The summed E-state index contributed by atoms with van der Waals surface area (Å²) in [5.41, 5.74) is 0.422. The highest BCUT2D eigenvalue weighted by Crippen LogP contribution is 2.23. The molecule has 1 N–H and O–H groups in total. The Morgan fingerprint density at radius 1 is 0.906 bits per heavy atom. The molecule has 8 nitrogen and oxygen atoms in total. The molecule has 0 aliphatic carbocycles. The summed E-state index contributed by atoms with van der Waals surface area (Å²) in [6.45, 7) is 2.52. The normalized spacial score (nSPS) is 19.3. The second-order valence-corrected chi connectivity index (χ2v) is 9.18. The van der Waals surface area contributed by atoms with E-state index >= 15 is 0 Å². The Morgan fingerprint density at radius 2 is 1.56 bits per heavy atom. The Bertz CT molecular complexity index is 972. The lowest BCUT2D eigenvalue weighted by Crippen LogP contribution is -2.47. The van der Waals surface area contributed by atoms with Crippen molar-refractivity contribution in [2.24, 2.45) is 5.92 Å². The summed E-state index contributed by atoms with van der Waals surface area (Å²) in [4.78, 5) is 41.9. The molecule has 2 aliphatic rings. The van der Waals surface area contributed by atoms with Gasteiger partial charge in [-0.25, -0.2) is 4.39 Å². The van der Waals surface area contributed by atoms with Crippen molar-refractivity contribution >= 4 is 34.7 Å². The van der Waals surface area contributed by atoms with Gasteiger partial charge in [0.1, 0.15) is 5.82 Å². The number of hydrogen-bond acceptors (Lipinski definition) is 6. The van der Waals surface area contributed by atoms with Crippen molar-refractivity contribution < 1.29 is 18.8 Å². The SMILES string of the molecule is O=C(Nc1ccc(F)cc1)c1nnc(C(=O)N2CCC[C@H](C(=O)N3CCCCCC3)C2)s1. The molecule has 2 aromatic rings. The van der Waals surface area contributed by atoms with Gasteiger partial charge in [-0.15, -0.1) is 10.2 Å². The molecule has 10 heteroatoms. The van der Waals surface area contributed by atoms with Gasteiger partial charge in [0.2, 0.25) is 15.9 Å². The van der Waals surface area contributed by atoms with Gasteiger partial charge in [0, 0.05) is 31.9 Å². The number of likely N-dealkylation sites (tertiary alicyclic amines) is 2. The highest BCUT2D eigenvalue weighted by atomic mass is 32.1. The van der Waals surface area contributed by atoms with Gasteiger partial charge >= 0.3 is 0 Å². The highest BCUT2D eigenvalue weighted by molar-refractivity contribution is 7.15. The van der Waals surface area contributed by atoms with Crippen LogP contribution in [0.1, 0.15) is 58.1 Å². The Balaban J connectivity index is 1.37. The number of anilines is 1. The second kappa shape index (κ2) is 10.2. The van der Waals surface area contributed by atoms with E-state index in [2.05, 4.69) is 15.5 Å². The molecule has 4 rings (SSSR count). The number of hydrogen-bond donors (Lipinski definition) is 1. The first kappa shape index (κ1) is 22.3. The molecule has 1 aromatic carbocycles. The number of nitrogens with one attached hydrogen (secondary N) is 1. The molecule has 3 amide bonds. The molecule has 1 aromatic heterocycles. The second-order valence-electron chi connectivity index (χ2n) is 8.20. The molecular weight excluding hydrogens is 433 g/mol. The van der Waals surface area contributed by atoms with Crippen molar-refractivity contribution in [2.45, 2.75) is 38.5 Å². The maximum absolute atomic E-state index is 13.0. The van der Waals surface area contributed by atoms with Crippen LogP contribution in [0.3, 0.4) is 0 Å². The third-order valence-electron chi connectivity index (χ3n) is 5.88. The first-order valence-corrected chi connectivity index (χ1v) is 11.8. The zero-order chi connectivity index (χ0) is 22.5. The van der Waals surface area contributed by atoms with E-state index in [1.807, 2.05) is 4.90 Å². The standard InChI is InChI=1S/C22H26FN5O3S/c23-16-7-9-17(10-8-16)24-18(29)19-25-26-20(32-19)22(31)28-13-5-6-15(14-28)21(30)27-11-3-1-2-4-12-27/h7-10,15H,1-6,11-14H2,(H,24,29)/t15-/m0/s1. The molecule has 0 spiro atoms. The summed E-state index contributed by atoms with van der Waals surface area (Å²) in [6.07, 6.45) is 5.93. The predicted molar refractivity (Wildman–Crippen MR) is 118 cm³/mol. The Morgan fingerprint density at radius 3 is 2.28 bits per heavy atom. The fourth-order valence-corrected chi connectivity index (χ4v) is 4.87. The fourth-order valence-electron chi connectivity index (χ4n) is 4.17. The number of aromatic nitrogens is 2. The molecule has 2 saturated heterocycles. The molecule has 2 fully saturated rings. The molecule has 32 heavy (non-hydrogen) atoms. The van der Waals surface area contributed by atoms with Crippen LogP contribution in [0.25, 0.3) is 0 Å². The van der Waals surface area contributed by atoms with E-state index in [4.69, 9.17) is 0 Å². The molecule has 170 valence electrons. The molecule has 2 aliphatic heterocycles. The van der Waals surface area contributed by atoms with Crippen LogP contribution in [0.5, 0.6) is 0 Å². The van der Waals surface area contributed by atoms with E-state index < -0.39 is 11.7 Å². The number of rotatable bonds is 4. The minimum Gasteiger partial charge on any atom is -0.342 e. The number of halogens is 1. The Labute approximate surface area is 189 Å². The van der Waals surface area contributed by atoms with E-state index in [0.29, 0.717) is 18.8 Å². The lowest BCUT2D eigenvalue weighted by molar-refractivity contribution is -0.136. The number of carbonyl (C=O) groups excluding carboxylic acids is 3. The van der Waals surface area contributed by atoms with Crippen LogP contribution in [0.2, 0.25) is 0 Å². The van der Waals surface area contributed by atoms with Gasteiger partial charge < -0.3 is 15.1 Å². The number of amides is 3. The van der Waals surface area contributed by atoms with Crippen molar-refractivity contribution in [3.63, 3.8) is 0 Å². The van der Waals surface area contributed by atoms with E-state index in [1.54, 1.807) is 4.90 Å². The molecular formula is C22H26FN5O3S. The molecule has 0 bridgehead atoms. The third kappa shape index (κ3) is 5.29. The van der Waals surface area contributed by atoms with Gasteiger partial charge in [0.25, 0.3) is 11.8 Å². The zero-order valence-corrected chi connectivity index (χ0v) is 18.6. The van der Waals surface area contributed by atoms with Gasteiger partial charge in [-0.3, -0.25) is 14.4 Å². The molecule has 0 saturated carbocycles. The van der Waals surface area contributed by atoms with Crippen molar-refractivity contribution in [1.29, 1.82) is 0 Å². The molecule has 0 radical (unpaired) electrons. The number of nitrogens with zero attached hydrogens (tertiary/aromatic N) is 4.